The molecule has 0 bridgehead atoms. The maximum Gasteiger partial charge on any atom is 0.0320 e. The number of nitrogens with one attached hydrogen (secondary N) is 1. The molecular formula is C15H25N. The van der Waals surface area contributed by atoms with Crippen molar-refractivity contribution in [1.82, 2.24) is 5.32 Å². The lowest BCUT2D eigenvalue weighted by Gasteiger charge is -2.19. The molecule has 0 fully saturated rings. The molecule has 1 atom stereocenters. The van der Waals surface area contributed by atoms with E-state index in [4.69, 9.17) is 0 Å². The fourth-order valence-electron chi connectivity index (χ4n) is 2.00. The first kappa shape index (κ1) is 13.2. The van der Waals surface area contributed by atoms with Gasteiger partial charge in [0.25, 0.3) is 0 Å². The molecule has 0 radical (unpaired) electrons. The fraction of sp³-hybridized carbons (Fsp3) is 0.600. The number of hydrogen-bond donors (Lipinski definition) is 1. The largest absolute Gasteiger partial charge is 0.310 e. The third kappa shape index (κ3) is 4.36. The minimum absolute atomic E-state index is 0.541. The van der Waals surface area contributed by atoms with Crippen LogP contribution in [-0.2, 0) is 0 Å². The fourth-order valence-corrected chi connectivity index (χ4v) is 2.00. The molecule has 1 unspecified atom stereocenters. The van der Waals surface area contributed by atoms with Gasteiger partial charge >= 0.3 is 0 Å². The van der Waals surface area contributed by atoms with Crippen molar-refractivity contribution in [3.05, 3.63) is 35.4 Å². The third-order valence-corrected chi connectivity index (χ3v) is 2.93. The van der Waals surface area contributed by atoms with Crippen LogP contribution in [0.3, 0.4) is 0 Å². The highest BCUT2D eigenvalue weighted by molar-refractivity contribution is 5.25. The van der Waals surface area contributed by atoms with Gasteiger partial charge in [0, 0.05) is 6.04 Å². The van der Waals surface area contributed by atoms with Crippen LogP contribution in [0.1, 0.15) is 56.7 Å². The predicted octanol–water partition coefficient (Wildman–Crippen LogP) is 4.23. The summed E-state index contributed by atoms with van der Waals surface area (Å²) in [6.07, 6.45) is 5.03. The van der Waals surface area contributed by atoms with Crippen molar-refractivity contribution in [1.29, 1.82) is 0 Å². The van der Waals surface area contributed by atoms with Crippen molar-refractivity contribution >= 4 is 0 Å². The second kappa shape index (κ2) is 7.45. The van der Waals surface area contributed by atoms with Crippen LogP contribution < -0.4 is 5.32 Å². The summed E-state index contributed by atoms with van der Waals surface area (Å²) in [5.74, 6) is 0. The number of unbranched alkanes of at least 4 members (excludes halogenated alkanes) is 1. The molecule has 90 valence electrons. The maximum atomic E-state index is 3.65. The molecule has 1 aromatic carbocycles. The van der Waals surface area contributed by atoms with Gasteiger partial charge in [-0.2, -0.15) is 0 Å². The first-order valence-electron chi connectivity index (χ1n) is 6.57. The van der Waals surface area contributed by atoms with Gasteiger partial charge < -0.3 is 5.32 Å². The van der Waals surface area contributed by atoms with Crippen LogP contribution in [0, 0.1) is 6.92 Å². The Hall–Kier alpha value is -0.820. The van der Waals surface area contributed by atoms with Gasteiger partial charge in [0.05, 0.1) is 0 Å². The van der Waals surface area contributed by atoms with Gasteiger partial charge in [0.1, 0.15) is 0 Å². The zero-order chi connectivity index (χ0) is 11.8. The van der Waals surface area contributed by atoms with Gasteiger partial charge in [-0.1, -0.05) is 56.5 Å². The second-order valence-electron chi connectivity index (χ2n) is 4.56. The summed E-state index contributed by atoms with van der Waals surface area (Å²) in [6.45, 7) is 7.76. The monoisotopic (exact) mass is 219 g/mol. The summed E-state index contributed by atoms with van der Waals surface area (Å²) < 4.78 is 0. The van der Waals surface area contributed by atoms with E-state index in [2.05, 4.69) is 50.4 Å². The summed E-state index contributed by atoms with van der Waals surface area (Å²) in [5, 5.41) is 3.65. The molecule has 0 aromatic heterocycles. The summed E-state index contributed by atoms with van der Waals surface area (Å²) in [7, 11) is 0. The van der Waals surface area contributed by atoms with Crippen LogP contribution >= 0.6 is 0 Å². The first-order chi connectivity index (χ1) is 7.77. The van der Waals surface area contributed by atoms with E-state index >= 15 is 0 Å². The molecule has 0 saturated heterocycles. The minimum atomic E-state index is 0.541. The third-order valence-electron chi connectivity index (χ3n) is 2.93. The average molecular weight is 219 g/mol. The second-order valence-corrected chi connectivity index (χ2v) is 4.56. The number of hydrogen-bond acceptors (Lipinski definition) is 1. The zero-order valence-electron chi connectivity index (χ0n) is 10.9. The van der Waals surface area contributed by atoms with Gasteiger partial charge in [-0.3, -0.25) is 0 Å². The molecule has 16 heavy (non-hydrogen) atoms. The Kier molecular flexibility index (Phi) is 6.17. The average Bonchev–Trinajstić information content (AvgIpc) is 2.29. The minimum Gasteiger partial charge on any atom is -0.310 e. The van der Waals surface area contributed by atoms with Gasteiger partial charge in [0.15, 0.2) is 0 Å². The van der Waals surface area contributed by atoms with Crippen molar-refractivity contribution in [2.24, 2.45) is 0 Å². The number of rotatable bonds is 7. The standard InChI is InChI=1S/C15H25N/c1-4-6-10-15(16-11-5-2)14-9-7-8-13(3)12-14/h7-9,12,15-16H,4-6,10-11H2,1-3H3. The van der Waals surface area contributed by atoms with Gasteiger partial charge in [-0.05, 0) is 31.9 Å². The lowest BCUT2D eigenvalue weighted by molar-refractivity contribution is 0.481. The van der Waals surface area contributed by atoms with Crippen LogP contribution in [0.15, 0.2) is 24.3 Å². The topological polar surface area (TPSA) is 12.0 Å². The molecule has 0 aliphatic heterocycles. The summed E-state index contributed by atoms with van der Waals surface area (Å²) in [6, 6.07) is 9.43. The van der Waals surface area contributed by atoms with Crippen LogP contribution in [0.5, 0.6) is 0 Å². The molecule has 0 saturated carbocycles. The summed E-state index contributed by atoms with van der Waals surface area (Å²) in [5.41, 5.74) is 2.80. The van der Waals surface area contributed by atoms with Gasteiger partial charge in [0.2, 0.25) is 0 Å². The molecule has 0 spiro atoms. The molecule has 0 aliphatic rings. The normalized spacial score (nSPS) is 12.7. The van der Waals surface area contributed by atoms with Gasteiger partial charge in [-0.25, -0.2) is 0 Å². The quantitative estimate of drug-likeness (QED) is 0.723. The molecule has 1 nitrogen and oxygen atoms in total. The van der Waals surface area contributed by atoms with E-state index in [0.29, 0.717) is 6.04 Å². The van der Waals surface area contributed by atoms with Crippen molar-refractivity contribution in [2.45, 2.75) is 52.5 Å². The Balaban J connectivity index is 2.66. The highest BCUT2D eigenvalue weighted by Crippen LogP contribution is 2.20. The molecule has 0 heterocycles. The number of aryl methyl sites for hydroxylation is 1. The Labute approximate surface area is 100 Å². The van der Waals surface area contributed by atoms with E-state index in [1.54, 1.807) is 0 Å². The molecule has 1 aromatic rings. The number of benzene rings is 1. The maximum absolute atomic E-state index is 3.65. The summed E-state index contributed by atoms with van der Waals surface area (Å²) >= 11 is 0. The SMILES string of the molecule is CCCCC(NCCC)c1cccc(C)c1. The Morgan fingerprint density at radius 1 is 1.19 bits per heavy atom. The lowest BCUT2D eigenvalue weighted by atomic mass is 9.99. The van der Waals surface area contributed by atoms with E-state index in [0.717, 1.165) is 6.54 Å². The van der Waals surface area contributed by atoms with E-state index in [-0.39, 0.29) is 0 Å². The van der Waals surface area contributed by atoms with Crippen LogP contribution in [-0.4, -0.2) is 6.54 Å². The Bertz CT molecular complexity index is 285. The van der Waals surface area contributed by atoms with Crippen molar-refractivity contribution < 1.29 is 0 Å². The van der Waals surface area contributed by atoms with Crippen LogP contribution in [0.25, 0.3) is 0 Å². The summed E-state index contributed by atoms with van der Waals surface area (Å²) in [4.78, 5) is 0. The molecule has 1 N–H and O–H groups in total. The molecular weight excluding hydrogens is 194 g/mol. The first-order valence-corrected chi connectivity index (χ1v) is 6.57. The smallest absolute Gasteiger partial charge is 0.0320 e. The predicted molar refractivity (Wildman–Crippen MR) is 71.7 cm³/mol. The lowest BCUT2D eigenvalue weighted by Crippen LogP contribution is -2.22. The van der Waals surface area contributed by atoms with E-state index in [9.17, 15) is 0 Å². The molecule has 0 amide bonds. The Morgan fingerprint density at radius 3 is 2.62 bits per heavy atom. The van der Waals surface area contributed by atoms with E-state index in [1.165, 1.54) is 36.8 Å². The van der Waals surface area contributed by atoms with Crippen LogP contribution in [0.4, 0.5) is 0 Å². The highest BCUT2D eigenvalue weighted by atomic mass is 14.9. The zero-order valence-corrected chi connectivity index (χ0v) is 10.9. The highest BCUT2D eigenvalue weighted by Gasteiger charge is 2.09. The van der Waals surface area contributed by atoms with Crippen molar-refractivity contribution in [3.8, 4) is 0 Å². The van der Waals surface area contributed by atoms with Gasteiger partial charge in [-0.15, -0.1) is 0 Å². The Morgan fingerprint density at radius 2 is 2.00 bits per heavy atom. The van der Waals surface area contributed by atoms with E-state index in [1.807, 2.05) is 0 Å². The van der Waals surface area contributed by atoms with Crippen molar-refractivity contribution in [3.63, 3.8) is 0 Å². The van der Waals surface area contributed by atoms with Crippen molar-refractivity contribution in [2.75, 3.05) is 6.54 Å². The van der Waals surface area contributed by atoms with E-state index < -0.39 is 0 Å². The van der Waals surface area contributed by atoms with Crippen LogP contribution in [0.2, 0.25) is 0 Å². The molecule has 1 rings (SSSR count). The molecule has 0 aliphatic carbocycles. The molecule has 1 heteroatoms.